The maximum Gasteiger partial charge on any atom is 0.221 e. The molecule has 2 N–H and O–H groups in total. The van der Waals surface area contributed by atoms with Crippen molar-refractivity contribution in [3.63, 3.8) is 0 Å². The van der Waals surface area contributed by atoms with Crippen molar-refractivity contribution < 1.29 is 9.53 Å². The van der Waals surface area contributed by atoms with E-state index in [1.54, 1.807) is 0 Å². The number of hydrogen-bond donors (Lipinski definition) is 2. The summed E-state index contributed by atoms with van der Waals surface area (Å²) in [4.78, 5) is 14.1. The zero-order chi connectivity index (χ0) is 12.8. The fraction of sp³-hybridized carbons (Fsp3) is 0.923. The highest BCUT2D eigenvalue weighted by Crippen LogP contribution is 2.14. The maximum atomic E-state index is 11.8. The van der Waals surface area contributed by atoms with Gasteiger partial charge in [0.1, 0.15) is 0 Å². The van der Waals surface area contributed by atoms with Crippen LogP contribution in [0.15, 0.2) is 0 Å². The van der Waals surface area contributed by atoms with Crippen LogP contribution < -0.4 is 10.6 Å². The molecule has 0 radical (unpaired) electrons. The van der Waals surface area contributed by atoms with Crippen molar-refractivity contribution >= 4 is 5.91 Å². The van der Waals surface area contributed by atoms with Crippen molar-refractivity contribution in [1.82, 2.24) is 15.5 Å². The lowest BCUT2D eigenvalue weighted by Gasteiger charge is -2.29. The van der Waals surface area contributed by atoms with Crippen LogP contribution in [0.2, 0.25) is 0 Å². The molecule has 2 rings (SSSR count). The van der Waals surface area contributed by atoms with Gasteiger partial charge in [-0.2, -0.15) is 0 Å². The van der Waals surface area contributed by atoms with Gasteiger partial charge < -0.3 is 20.3 Å². The Labute approximate surface area is 109 Å². The Morgan fingerprint density at radius 2 is 2.22 bits per heavy atom. The number of rotatable bonds is 4. The summed E-state index contributed by atoms with van der Waals surface area (Å²) >= 11 is 0. The monoisotopic (exact) mass is 255 g/mol. The summed E-state index contributed by atoms with van der Waals surface area (Å²) in [5, 5.41) is 6.36. The molecule has 2 saturated heterocycles. The zero-order valence-electron chi connectivity index (χ0n) is 11.3. The highest BCUT2D eigenvalue weighted by molar-refractivity contribution is 5.76. The fourth-order valence-electron chi connectivity index (χ4n) is 2.57. The van der Waals surface area contributed by atoms with Gasteiger partial charge in [-0.05, 0) is 38.9 Å². The molecule has 5 heteroatoms. The van der Waals surface area contributed by atoms with E-state index in [0.29, 0.717) is 18.9 Å². The predicted octanol–water partition coefficient (Wildman–Crippen LogP) is -0.177. The first-order chi connectivity index (χ1) is 8.74. The maximum absolute atomic E-state index is 11.8. The molecule has 0 aromatic heterocycles. The molecule has 0 spiro atoms. The van der Waals surface area contributed by atoms with Gasteiger partial charge in [0.2, 0.25) is 5.91 Å². The summed E-state index contributed by atoms with van der Waals surface area (Å²) < 4.78 is 5.34. The van der Waals surface area contributed by atoms with E-state index in [0.717, 1.165) is 32.8 Å². The molecule has 1 amide bonds. The predicted molar refractivity (Wildman–Crippen MR) is 70.5 cm³/mol. The van der Waals surface area contributed by atoms with Gasteiger partial charge in [0.25, 0.3) is 0 Å². The van der Waals surface area contributed by atoms with Gasteiger partial charge in [0.05, 0.1) is 13.2 Å². The Morgan fingerprint density at radius 1 is 1.44 bits per heavy atom. The van der Waals surface area contributed by atoms with E-state index in [-0.39, 0.29) is 11.9 Å². The Bertz CT molecular complexity index is 259. The summed E-state index contributed by atoms with van der Waals surface area (Å²) in [5.74, 6) is 0.803. The highest BCUT2D eigenvalue weighted by atomic mass is 16.5. The molecule has 0 aliphatic carbocycles. The summed E-state index contributed by atoms with van der Waals surface area (Å²) in [6.45, 7) is 5.40. The van der Waals surface area contributed by atoms with Crippen LogP contribution in [0, 0.1) is 5.92 Å². The van der Waals surface area contributed by atoms with Gasteiger partial charge >= 0.3 is 0 Å². The summed E-state index contributed by atoms with van der Waals surface area (Å²) in [7, 11) is 2.16. The zero-order valence-corrected chi connectivity index (χ0v) is 11.3. The fourth-order valence-corrected chi connectivity index (χ4v) is 2.57. The molecule has 0 saturated carbocycles. The molecule has 2 heterocycles. The SMILES string of the molecule is CN1CCC(CNC(=O)CC2COCCN2)CC1. The first kappa shape index (κ1) is 13.8. The average molecular weight is 255 g/mol. The molecule has 0 aromatic carbocycles. The van der Waals surface area contributed by atoms with Gasteiger partial charge in [0, 0.05) is 25.6 Å². The lowest BCUT2D eigenvalue weighted by atomic mass is 9.97. The van der Waals surface area contributed by atoms with Crippen molar-refractivity contribution in [3.8, 4) is 0 Å². The molecular weight excluding hydrogens is 230 g/mol. The number of likely N-dealkylation sites (tertiary alicyclic amines) is 1. The number of amides is 1. The number of ether oxygens (including phenoxy) is 1. The number of morpholine rings is 1. The van der Waals surface area contributed by atoms with Crippen LogP contribution in [-0.4, -0.2) is 63.3 Å². The number of piperidine rings is 1. The lowest BCUT2D eigenvalue weighted by Crippen LogP contribution is -2.45. The van der Waals surface area contributed by atoms with Crippen LogP contribution in [0.5, 0.6) is 0 Å². The van der Waals surface area contributed by atoms with Crippen LogP contribution in [0.25, 0.3) is 0 Å². The Hall–Kier alpha value is -0.650. The van der Waals surface area contributed by atoms with Crippen molar-refractivity contribution in [2.75, 3.05) is 46.4 Å². The molecule has 1 unspecified atom stereocenters. The normalized spacial score (nSPS) is 27.1. The number of carbonyl (C=O) groups excluding carboxylic acids is 1. The number of nitrogens with zero attached hydrogens (tertiary/aromatic N) is 1. The lowest BCUT2D eigenvalue weighted by molar-refractivity contribution is -0.122. The summed E-state index contributed by atoms with van der Waals surface area (Å²) in [6, 6.07) is 0.191. The minimum atomic E-state index is 0.150. The molecule has 2 aliphatic heterocycles. The first-order valence-electron chi connectivity index (χ1n) is 7.00. The van der Waals surface area contributed by atoms with Crippen molar-refractivity contribution in [1.29, 1.82) is 0 Å². The third-order valence-corrected chi connectivity index (χ3v) is 3.86. The minimum Gasteiger partial charge on any atom is -0.378 e. The summed E-state index contributed by atoms with van der Waals surface area (Å²) in [6.07, 6.45) is 2.93. The molecule has 2 aliphatic rings. The van der Waals surface area contributed by atoms with E-state index in [9.17, 15) is 4.79 Å². The Kier molecular flexibility index (Phi) is 5.41. The van der Waals surface area contributed by atoms with Crippen LogP contribution >= 0.6 is 0 Å². The second kappa shape index (κ2) is 7.07. The average Bonchev–Trinajstić information content (AvgIpc) is 2.39. The van der Waals surface area contributed by atoms with E-state index in [1.165, 1.54) is 12.8 Å². The van der Waals surface area contributed by atoms with E-state index in [4.69, 9.17) is 4.74 Å². The standard InChI is InChI=1S/C13H25N3O2/c1-16-5-2-11(3-6-16)9-15-13(17)8-12-10-18-7-4-14-12/h11-12,14H,2-10H2,1H3,(H,15,17). The van der Waals surface area contributed by atoms with Crippen molar-refractivity contribution in [3.05, 3.63) is 0 Å². The highest BCUT2D eigenvalue weighted by Gasteiger charge is 2.19. The Balaban J connectivity index is 1.59. The Morgan fingerprint density at radius 3 is 2.89 bits per heavy atom. The topological polar surface area (TPSA) is 53.6 Å². The molecule has 5 nitrogen and oxygen atoms in total. The van der Waals surface area contributed by atoms with E-state index >= 15 is 0 Å². The van der Waals surface area contributed by atoms with Crippen LogP contribution in [0.4, 0.5) is 0 Å². The number of hydrogen-bond acceptors (Lipinski definition) is 4. The molecule has 0 aromatic rings. The third kappa shape index (κ3) is 4.55. The molecule has 2 fully saturated rings. The van der Waals surface area contributed by atoms with Crippen LogP contribution in [-0.2, 0) is 9.53 Å². The number of carbonyl (C=O) groups is 1. The van der Waals surface area contributed by atoms with Crippen LogP contribution in [0.1, 0.15) is 19.3 Å². The molecule has 0 bridgehead atoms. The quantitative estimate of drug-likeness (QED) is 0.732. The van der Waals surface area contributed by atoms with Gasteiger partial charge in [0.15, 0.2) is 0 Å². The van der Waals surface area contributed by atoms with Gasteiger partial charge in [-0.1, -0.05) is 0 Å². The van der Waals surface area contributed by atoms with E-state index in [1.807, 2.05) is 0 Å². The van der Waals surface area contributed by atoms with E-state index < -0.39 is 0 Å². The van der Waals surface area contributed by atoms with Crippen molar-refractivity contribution in [2.24, 2.45) is 5.92 Å². The van der Waals surface area contributed by atoms with Gasteiger partial charge in [-0.15, -0.1) is 0 Å². The smallest absolute Gasteiger partial charge is 0.221 e. The largest absolute Gasteiger partial charge is 0.378 e. The van der Waals surface area contributed by atoms with Gasteiger partial charge in [-0.3, -0.25) is 4.79 Å². The first-order valence-corrected chi connectivity index (χ1v) is 7.00. The minimum absolute atomic E-state index is 0.150. The second-order valence-corrected chi connectivity index (χ2v) is 5.48. The van der Waals surface area contributed by atoms with Crippen LogP contribution in [0.3, 0.4) is 0 Å². The number of nitrogens with one attached hydrogen (secondary N) is 2. The van der Waals surface area contributed by atoms with Crippen molar-refractivity contribution in [2.45, 2.75) is 25.3 Å². The third-order valence-electron chi connectivity index (χ3n) is 3.86. The van der Waals surface area contributed by atoms with E-state index in [2.05, 4.69) is 22.6 Å². The second-order valence-electron chi connectivity index (χ2n) is 5.48. The molecule has 18 heavy (non-hydrogen) atoms. The molecule has 1 atom stereocenters. The van der Waals surface area contributed by atoms with Gasteiger partial charge in [-0.25, -0.2) is 0 Å². The molecule has 104 valence electrons. The summed E-state index contributed by atoms with van der Waals surface area (Å²) in [5.41, 5.74) is 0. The molecular formula is C13H25N3O2.